The summed E-state index contributed by atoms with van der Waals surface area (Å²) in [7, 11) is 0. The largest absolute Gasteiger partial charge is 0.477 e. The number of hydrogen-bond donors (Lipinski definition) is 1. The first-order chi connectivity index (χ1) is 11.6. The number of thiophene rings is 1. The van der Waals surface area contributed by atoms with Gasteiger partial charge in [-0.1, -0.05) is 18.2 Å². The molecule has 6 heteroatoms. The van der Waals surface area contributed by atoms with E-state index in [2.05, 4.69) is 4.90 Å². The summed E-state index contributed by atoms with van der Waals surface area (Å²) in [6.07, 6.45) is 3.22. The van der Waals surface area contributed by atoms with E-state index in [4.69, 9.17) is 9.84 Å². The summed E-state index contributed by atoms with van der Waals surface area (Å²) in [5.74, 6) is -1.20. The zero-order valence-corrected chi connectivity index (χ0v) is 13.8. The predicted octanol–water partition coefficient (Wildman–Crippen LogP) is 3.18. The molecule has 124 valence electrons. The van der Waals surface area contributed by atoms with Crippen LogP contribution in [0.2, 0.25) is 0 Å². The first-order valence-electron chi connectivity index (χ1n) is 7.62. The van der Waals surface area contributed by atoms with Crippen LogP contribution in [-0.4, -0.2) is 43.2 Å². The van der Waals surface area contributed by atoms with Crippen molar-refractivity contribution in [3.8, 4) is 0 Å². The van der Waals surface area contributed by atoms with E-state index in [0.29, 0.717) is 4.88 Å². The molecule has 1 aromatic carbocycles. The summed E-state index contributed by atoms with van der Waals surface area (Å²) in [5, 5.41) is 8.89. The molecule has 1 fully saturated rings. The summed E-state index contributed by atoms with van der Waals surface area (Å²) in [5.41, 5.74) is 2.07. The number of ketones is 1. The minimum atomic E-state index is -1.01. The maximum absolute atomic E-state index is 12.1. The normalized spacial score (nSPS) is 14.9. The Kier molecular flexibility index (Phi) is 5.08. The molecule has 2 heterocycles. The monoisotopic (exact) mass is 343 g/mol. The zero-order chi connectivity index (χ0) is 16.9. The van der Waals surface area contributed by atoms with Crippen LogP contribution < -0.4 is 4.90 Å². The molecule has 0 spiro atoms. The molecule has 1 aromatic heterocycles. The van der Waals surface area contributed by atoms with Gasteiger partial charge in [0.15, 0.2) is 5.78 Å². The van der Waals surface area contributed by atoms with Crippen LogP contribution in [0.25, 0.3) is 6.08 Å². The Balaban J connectivity index is 1.65. The van der Waals surface area contributed by atoms with Crippen molar-refractivity contribution in [3.05, 3.63) is 57.8 Å². The van der Waals surface area contributed by atoms with Gasteiger partial charge in [0.2, 0.25) is 0 Å². The van der Waals surface area contributed by atoms with Crippen molar-refractivity contribution in [2.24, 2.45) is 0 Å². The third-order valence-corrected chi connectivity index (χ3v) is 4.84. The fraction of sp³-hybridized carbons (Fsp3) is 0.222. The topological polar surface area (TPSA) is 66.8 Å². The molecule has 0 aliphatic carbocycles. The van der Waals surface area contributed by atoms with Gasteiger partial charge in [-0.2, -0.15) is 0 Å². The molecule has 24 heavy (non-hydrogen) atoms. The van der Waals surface area contributed by atoms with E-state index in [-0.39, 0.29) is 10.7 Å². The molecule has 0 amide bonds. The number of anilines is 1. The number of carboxylic acids is 1. The van der Waals surface area contributed by atoms with E-state index in [0.717, 1.165) is 48.9 Å². The Morgan fingerprint density at radius 2 is 1.71 bits per heavy atom. The number of nitrogens with zero attached hydrogens (tertiary/aromatic N) is 1. The smallest absolute Gasteiger partial charge is 0.345 e. The maximum Gasteiger partial charge on any atom is 0.345 e. The molecule has 0 saturated carbocycles. The fourth-order valence-corrected chi connectivity index (χ4v) is 3.22. The standard InChI is InChI=1S/C18H17NO4S/c20-15(16-7-8-17(24-16)18(21)22)6-3-13-1-4-14(5-2-13)19-9-11-23-12-10-19/h1-8H,9-12H2,(H,21,22). The van der Waals surface area contributed by atoms with Gasteiger partial charge in [0, 0.05) is 18.8 Å². The average molecular weight is 343 g/mol. The van der Waals surface area contributed by atoms with Gasteiger partial charge >= 0.3 is 5.97 Å². The highest BCUT2D eigenvalue weighted by atomic mass is 32.1. The highest BCUT2D eigenvalue weighted by Gasteiger charge is 2.12. The third kappa shape index (κ3) is 3.90. The number of aromatic carboxylic acids is 1. The Labute approximate surface area is 143 Å². The molecule has 1 aliphatic rings. The number of morpholine rings is 1. The summed E-state index contributed by atoms with van der Waals surface area (Å²) in [6, 6.07) is 11.0. The van der Waals surface area contributed by atoms with E-state index >= 15 is 0 Å². The quantitative estimate of drug-likeness (QED) is 0.667. The number of carbonyl (C=O) groups excluding carboxylic acids is 1. The maximum atomic E-state index is 12.1. The SMILES string of the molecule is O=C(O)c1ccc(C(=O)C=Cc2ccc(N3CCOCC3)cc2)s1. The van der Waals surface area contributed by atoms with Crippen molar-refractivity contribution in [1.29, 1.82) is 0 Å². The number of carbonyl (C=O) groups is 2. The van der Waals surface area contributed by atoms with E-state index in [1.165, 1.54) is 12.1 Å². The zero-order valence-electron chi connectivity index (χ0n) is 13.0. The van der Waals surface area contributed by atoms with Crippen LogP contribution in [0.3, 0.4) is 0 Å². The summed E-state index contributed by atoms with van der Waals surface area (Å²) < 4.78 is 5.34. The predicted molar refractivity (Wildman–Crippen MR) is 94.1 cm³/mol. The summed E-state index contributed by atoms with van der Waals surface area (Å²) >= 11 is 0.987. The molecule has 0 unspecified atom stereocenters. The second-order valence-corrected chi connectivity index (χ2v) is 6.44. The van der Waals surface area contributed by atoms with Gasteiger partial charge in [-0.3, -0.25) is 4.79 Å². The van der Waals surface area contributed by atoms with Crippen LogP contribution in [0.4, 0.5) is 5.69 Å². The number of rotatable bonds is 5. The fourth-order valence-electron chi connectivity index (χ4n) is 2.46. The number of carboxylic acid groups (broad SMARTS) is 1. The molecule has 5 nitrogen and oxygen atoms in total. The van der Waals surface area contributed by atoms with Crippen molar-refractivity contribution in [2.75, 3.05) is 31.2 Å². The molecule has 1 N–H and O–H groups in total. The minimum absolute atomic E-state index is 0.168. The molecular weight excluding hydrogens is 326 g/mol. The average Bonchev–Trinajstić information content (AvgIpc) is 3.11. The van der Waals surface area contributed by atoms with E-state index < -0.39 is 5.97 Å². The highest BCUT2D eigenvalue weighted by Crippen LogP contribution is 2.19. The van der Waals surface area contributed by atoms with Crippen molar-refractivity contribution in [2.45, 2.75) is 0 Å². The molecule has 2 aromatic rings. The molecule has 0 radical (unpaired) electrons. The number of allylic oxidation sites excluding steroid dienone is 1. The van der Waals surface area contributed by atoms with Crippen LogP contribution >= 0.6 is 11.3 Å². The van der Waals surface area contributed by atoms with Gasteiger partial charge in [0.25, 0.3) is 0 Å². The second-order valence-electron chi connectivity index (χ2n) is 5.36. The van der Waals surface area contributed by atoms with Crippen LogP contribution in [0, 0.1) is 0 Å². The van der Waals surface area contributed by atoms with E-state index in [1.54, 1.807) is 12.1 Å². The number of hydrogen-bond acceptors (Lipinski definition) is 5. The Morgan fingerprint density at radius 1 is 1.04 bits per heavy atom. The molecule has 1 saturated heterocycles. The van der Waals surface area contributed by atoms with Gasteiger partial charge in [0.1, 0.15) is 4.88 Å². The van der Waals surface area contributed by atoms with Gasteiger partial charge in [-0.05, 0) is 35.9 Å². The van der Waals surface area contributed by atoms with Gasteiger partial charge in [-0.25, -0.2) is 4.79 Å². The number of benzene rings is 1. The van der Waals surface area contributed by atoms with Crippen LogP contribution in [0.5, 0.6) is 0 Å². The first-order valence-corrected chi connectivity index (χ1v) is 8.43. The lowest BCUT2D eigenvalue weighted by Gasteiger charge is -2.28. The van der Waals surface area contributed by atoms with E-state index in [9.17, 15) is 9.59 Å². The van der Waals surface area contributed by atoms with Crippen LogP contribution in [0.1, 0.15) is 24.9 Å². The van der Waals surface area contributed by atoms with Gasteiger partial charge in [0.05, 0.1) is 18.1 Å². The second kappa shape index (κ2) is 7.42. The third-order valence-electron chi connectivity index (χ3n) is 3.76. The van der Waals surface area contributed by atoms with E-state index in [1.807, 2.05) is 24.3 Å². The van der Waals surface area contributed by atoms with Crippen molar-refractivity contribution < 1.29 is 19.4 Å². The highest BCUT2D eigenvalue weighted by molar-refractivity contribution is 7.16. The Bertz CT molecular complexity index is 758. The molecule has 3 rings (SSSR count). The first kappa shape index (κ1) is 16.4. The molecule has 0 atom stereocenters. The van der Waals surface area contributed by atoms with Gasteiger partial charge < -0.3 is 14.7 Å². The van der Waals surface area contributed by atoms with Crippen molar-refractivity contribution >= 4 is 34.9 Å². The Hall–Kier alpha value is -2.44. The number of ether oxygens (including phenoxy) is 1. The Morgan fingerprint density at radius 3 is 2.33 bits per heavy atom. The van der Waals surface area contributed by atoms with Crippen molar-refractivity contribution in [3.63, 3.8) is 0 Å². The summed E-state index contributed by atoms with van der Waals surface area (Å²) in [4.78, 5) is 25.8. The van der Waals surface area contributed by atoms with Crippen LogP contribution in [-0.2, 0) is 4.74 Å². The van der Waals surface area contributed by atoms with Crippen LogP contribution in [0.15, 0.2) is 42.5 Å². The van der Waals surface area contributed by atoms with Gasteiger partial charge in [-0.15, -0.1) is 11.3 Å². The lowest BCUT2D eigenvalue weighted by Crippen LogP contribution is -2.36. The molecule has 1 aliphatic heterocycles. The molecule has 0 bridgehead atoms. The lowest BCUT2D eigenvalue weighted by atomic mass is 10.1. The lowest BCUT2D eigenvalue weighted by molar-refractivity contribution is 0.0702. The van der Waals surface area contributed by atoms with Crippen molar-refractivity contribution in [1.82, 2.24) is 0 Å². The summed E-state index contributed by atoms with van der Waals surface area (Å²) in [6.45, 7) is 3.26. The minimum Gasteiger partial charge on any atom is -0.477 e. The molecular formula is C18H17NO4S.